The molecule has 0 aliphatic carbocycles. The van der Waals surface area contributed by atoms with Crippen LogP contribution in [-0.2, 0) is 6.54 Å². The van der Waals surface area contributed by atoms with E-state index in [1.54, 1.807) is 16.1 Å². The zero-order valence-corrected chi connectivity index (χ0v) is 14.5. The van der Waals surface area contributed by atoms with Gasteiger partial charge in [0.15, 0.2) is 10.8 Å². The van der Waals surface area contributed by atoms with Gasteiger partial charge < -0.3 is 0 Å². The van der Waals surface area contributed by atoms with Crippen molar-refractivity contribution in [1.82, 2.24) is 14.8 Å². The van der Waals surface area contributed by atoms with Crippen molar-refractivity contribution in [2.24, 2.45) is 0 Å². The number of carbonyl (C=O) groups is 1. The van der Waals surface area contributed by atoms with Crippen molar-refractivity contribution in [3.8, 4) is 10.6 Å². The second kappa shape index (κ2) is 6.49. The van der Waals surface area contributed by atoms with E-state index in [0.29, 0.717) is 27.9 Å². The molecule has 10 heteroatoms. The van der Waals surface area contributed by atoms with Crippen LogP contribution in [0.4, 0.5) is 10.8 Å². The number of rotatable bonds is 5. The molecule has 0 radical (unpaired) electrons. The Balaban J connectivity index is 1.75. The van der Waals surface area contributed by atoms with Crippen molar-refractivity contribution >= 4 is 39.4 Å². The number of anilines is 1. The smallest absolute Gasteiger partial charge is 0.280 e. The molecule has 24 heavy (non-hydrogen) atoms. The second-order valence-corrected chi connectivity index (χ2v) is 6.67. The van der Waals surface area contributed by atoms with Gasteiger partial charge in [0.05, 0.1) is 20.9 Å². The van der Waals surface area contributed by atoms with Gasteiger partial charge in [-0.05, 0) is 19.9 Å². The molecule has 3 heterocycles. The van der Waals surface area contributed by atoms with Gasteiger partial charge in [0.25, 0.3) is 11.6 Å². The topological polar surface area (TPSA) is 103 Å². The van der Waals surface area contributed by atoms with E-state index in [9.17, 15) is 14.9 Å². The van der Waals surface area contributed by atoms with Crippen molar-refractivity contribution < 1.29 is 9.72 Å². The summed E-state index contributed by atoms with van der Waals surface area (Å²) < 4.78 is 1.74. The molecule has 0 spiro atoms. The SMILES string of the molecule is CCn1nc(C(=O)Nc2nc(-c3cc([N+](=O)[O-])cs3)cs2)cc1C. The Hall–Kier alpha value is -2.59. The van der Waals surface area contributed by atoms with Crippen molar-refractivity contribution in [2.45, 2.75) is 20.4 Å². The number of carbonyl (C=O) groups excluding carboxylic acids is 1. The van der Waals surface area contributed by atoms with E-state index in [2.05, 4.69) is 15.4 Å². The summed E-state index contributed by atoms with van der Waals surface area (Å²) in [6.07, 6.45) is 0. The summed E-state index contributed by atoms with van der Waals surface area (Å²) in [4.78, 5) is 27.5. The number of thiophene rings is 1. The van der Waals surface area contributed by atoms with E-state index in [-0.39, 0.29) is 11.6 Å². The Morgan fingerprint density at radius 2 is 2.17 bits per heavy atom. The maximum Gasteiger partial charge on any atom is 0.280 e. The van der Waals surface area contributed by atoms with Gasteiger partial charge >= 0.3 is 0 Å². The van der Waals surface area contributed by atoms with Gasteiger partial charge in [0.2, 0.25) is 0 Å². The molecule has 0 bridgehead atoms. The first kappa shape index (κ1) is 16.3. The third-order valence-electron chi connectivity index (χ3n) is 3.29. The minimum absolute atomic E-state index is 0.0363. The molecule has 0 atom stereocenters. The van der Waals surface area contributed by atoms with Crippen LogP contribution in [0.1, 0.15) is 23.1 Å². The van der Waals surface area contributed by atoms with Crippen LogP contribution in [-0.4, -0.2) is 25.6 Å². The Kier molecular flexibility index (Phi) is 4.40. The van der Waals surface area contributed by atoms with Crippen LogP contribution >= 0.6 is 22.7 Å². The summed E-state index contributed by atoms with van der Waals surface area (Å²) in [5, 5.41) is 21.3. The molecule has 1 N–H and O–H groups in total. The molecule has 0 aliphatic rings. The Bertz CT molecular complexity index is 911. The monoisotopic (exact) mass is 363 g/mol. The van der Waals surface area contributed by atoms with Crippen molar-refractivity contribution in [2.75, 3.05) is 5.32 Å². The highest BCUT2D eigenvalue weighted by molar-refractivity contribution is 7.16. The Labute approximate surface area is 144 Å². The molecule has 0 saturated heterocycles. The largest absolute Gasteiger partial charge is 0.296 e. The highest BCUT2D eigenvalue weighted by atomic mass is 32.1. The summed E-state index contributed by atoms with van der Waals surface area (Å²) in [6, 6.07) is 3.19. The van der Waals surface area contributed by atoms with Crippen LogP contribution in [0.5, 0.6) is 0 Å². The number of nitrogens with zero attached hydrogens (tertiary/aromatic N) is 4. The normalized spacial score (nSPS) is 10.8. The van der Waals surface area contributed by atoms with E-state index in [1.165, 1.54) is 34.1 Å². The fraction of sp³-hybridized carbons (Fsp3) is 0.214. The quantitative estimate of drug-likeness (QED) is 0.551. The maximum atomic E-state index is 12.2. The van der Waals surface area contributed by atoms with E-state index < -0.39 is 4.92 Å². The van der Waals surface area contributed by atoms with Crippen LogP contribution in [0.25, 0.3) is 10.6 Å². The first-order valence-electron chi connectivity index (χ1n) is 7.02. The van der Waals surface area contributed by atoms with Gasteiger partial charge in [-0.3, -0.25) is 24.9 Å². The van der Waals surface area contributed by atoms with Gasteiger partial charge in [-0.25, -0.2) is 4.98 Å². The summed E-state index contributed by atoms with van der Waals surface area (Å²) in [5.74, 6) is -0.330. The summed E-state index contributed by atoms with van der Waals surface area (Å²) in [6.45, 7) is 4.53. The van der Waals surface area contributed by atoms with E-state index >= 15 is 0 Å². The molecule has 3 rings (SSSR count). The lowest BCUT2D eigenvalue weighted by Crippen LogP contribution is -2.13. The van der Waals surface area contributed by atoms with Gasteiger partial charge in [-0.15, -0.1) is 22.7 Å². The number of amides is 1. The number of nitro groups is 1. The highest BCUT2D eigenvalue weighted by Crippen LogP contribution is 2.32. The summed E-state index contributed by atoms with van der Waals surface area (Å²) in [5.41, 5.74) is 1.88. The first-order valence-corrected chi connectivity index (χ1v) is 8.78. The molecule has 0 saturated carbocycles. The maximum absolute atomic E-state index is 12.2. The summed E-state index contributed by atoms with van der Waals surface area (Å²) >= 11 is 2.50. The van der Waals surface area contributed by atoms with Crippen LogP contribution in [0, 0.1) is 17.0 Å². The molecule has 0 aliphatic heterocycles. The fourth-order valence-electron chi connectivity index (χ4n) is 2.10. The lowest BCUT2D eigenvalue weighted by Gasteiger charge is -1.98. The van der Waals surface area contributed by atoms with E-state index in [1.807, 2.05) is 13.8 Å². The predicted octanol–water partition coefficient (Wildman–Crippen LogP) is 3.56. The Morgan fingerprint density at radius 1 is 1.38 bits per heavy atom. The van der Waals surface area contributed by atoms with Crippen LogP contribution in [0.3, 0.4) is 0 Å². The molecule has 0 unspecified atom stereocenters. The zero-order chi connectivity index (χ0) is 17.3. The second-order valence-electron chi connectivity index (χ2n) is 4.91. The van der Waals surface area contributed by atoms with Gasteiger partial charge in [-0.2, -0.15) is 5.10 Å². The van der Waals surface area contributed by atoms with Crippen LogP contribution in [0.2, 0.25) is 0 Å². The average Bonchev–Trinajstić information content (AvgIpc) is 3.25. The Morgan fingerprint density at radius 3 is 2.79 bits per heavy atom. The molecule has 0 fully saturated rings. The lowest BCUT2D eigenvalue weighted by atomic mass is 10.3. The number of nitrogens with one attached hydrogen (secondary N) is 1. The zero-order valence-electron chi connectivity index (χ0n) is 12.8. The van der Waals surface area contributed by atoms with Crippen molar-refractivity contribution in [3.63, 3.8) is 0 Å². The molecule has 1 amide bonds. The molecule has 124 valence electrons. The molecule has 3 aromatic heterocycles. The molecule has 8 nitrogen and oxygen atoms in total. The lowest BCUT2D eigenvalue weighted by molar-refractivity contribution is -0.384. The number of aryl methyl sites for hydroxylation is 2. The first-order chi connectivity index (χ1) is 11.5. The number of hydrogen-bond acceptors (Lipinski definition) is 7. The third-order valence-corrected chi connectivity index (χ3v) is 4.98. The van der Waals surface area contributed by atoms with Gasteiger partial charge in [0.1, 0.15) is 0 Å². The van der Waals surface area contributed by atoms with Gasteiger partial charge in [0, 0.05) is 23.7 Å². The van der Waals surface area contributed by atoms with Crippen molar-refractivity contribution in [3.05, 3.63) is 44.4 Å². The standard InChI is InChI=1S/C14H13N5O3S2/c1-3-18-8(2)4-10(17-18)13(20)16-14-15-11(7-24-14)12-5-9(6-23-12)19(21)22/h4-7H,3H2,1-2H3,(H,15,16,20). The molecular weight excluding hydrogens is 350 g/mol. The minimum atomic E-state index is -0.443. The summed E-state index contributed by atoms with van der Waals surface area (Å²) in [7, 11) is 0. The molecular formula is C14H13N5O3S2. The highest BCUT2D eigenvalue weighted by Gasteiger charge is 2.16. The third kappa shape index (κ3) is 3.19. The number of hydrogen-bond donors (Lipinski definition) is 1. The number of thiazole rings is 1. The van der Waals surface area contributed by atoms with Gasteiger partial charge in [-0.1, -0.05) is 0 Å². The van der Waals surface area contributed by atoms with Crippen LogP contribution in [0.15, 0.2) is 22.9 Å². The minimum Gasteiger partial charge on any atom is -0.296 e. The molecule has 0 aromatic carbocycles. The van der Waals surface area contributed by atoms with E-state index in [4.69, 9.17) is 0 Å². The fourth-order valence-corrected chi connectivity index (χ4v) is 3.70. The predicted molar refractivity (Wildman–Crippen MR) is 92.7 cm³/mol. The van der Waals surface area contributed by atoms with Crippen molar-refractivity contribution in [1.29, 1.82) is 0 Å². The van der Waals surface area contributed by atoms with E-state index in [0.717, 1.165) is 5.69 Å². The number of aromatic nitrogens is 3. The van der Waals surface area contributed by atoms with Crippen LogP contribution < -0.4 is 5.32 Å². The molecule has 3 aromatic rings. The average molecular weight is 363 g/mol.